The molecule has 1 N–H and O–H groups in total. The second-order valence-electron chi connectivity index (χ2n) is 5.38. The molecule has 0 bridgehead atoms. The molecule has 0 radical (unpaired) electrons. The van der Waals surface area contributed by atoms with Gasteiger partial charge in [0.25, 0.3) is 0 Å². The third kappa shape index (κ3) is 3.92. The van der Waals surface area contributed by atoms with Crippen molar-refractivity contribution >= 4 is 0 Å². The Labute approximate surface area is 134 Å². The number of rotatable bonds is 7. The lowest BCUT2D eigenvalue weighted by atomic mass is 10.2. The summed E-state index contributed by atoms with van der Waals surface area (Å²) < 4.78 is 5.37. The minimum absolute atomic E-state index is 0.553. The average Bonchev–Trinajstić information content (AvgIpc) is 3.18. The number of aromatic nitrogens is 4. The minimum atomic E-state index is 0.553. The first-order valence-electron chi connectivity index (χ1n) is 7.47. The van der Waals surface area contributed by atoms with Crippen molar-refractivity contribution in [2.45, 2.75) is 20.0 Å². The van der Waals surface area contributed by atoms with Crippen LogP contribution in [0.5, 0.6) is 0 Å². The summed E-state index contributed by atoms with van der Waals surface area (Å²) in [5.74, 6) is 1.19. The van der Waals surface area contributed by atoms with E-state index in [2.05, 4.69) is 31.8 Å². The van der Waals surface area contributed by atoms with Gasteiger partial charge in [0, 0.05) is 24.3 Å². The van der Waals surface area contributed by atoms with Gasteiger partial charge in [-0.3, -0.25) is 10.00 Å². The second kappa shape index (κ2) is 7.02. The van der Waals surface area contributed by atoms with E-state index < -0.39 is 0 Å². The lowest BCUT2D eigenvalue weighted by molar-refractivity contribution is 0.237. The SMILES string of the molecule is C=CCN(Cc1cc(C)[nH]n1)Cc1nc(-c2ccccc2)no1. The van der Waals surface area contributed by atoms with Crippen LogP contribution in [0.25, 0.3) is 11.4 Å². The fraction of sp³-hybridized carbons (Fsp3) is 0.235. The predicted molar refractivity (Wildman–Crippen MR) is 87.4 cm³/mol. The van der Waals surface area contributed by atoms with E-state index in [0.29, 0.717) is 24.8 Å². The van der Waals surface area contributed by atoms with Crippen LogP contribution in [0, 0.1) is 6.92 Å². The number of aromatic amines is 1. The standard InChI is InChI=1S/C17H19N5O/c1-3-9-22(11-15-10-13(2)19-20-15)12-16-18-17(21-23-16)14-7-5-4-6-8-14/h3-8,10H,1,9,11-12H2,2H3,(H,19,20). The van der Waals surface area contributed by atoms with Gasteiger partial charge in [-0.15, -0.1) is 6.58 Å². The Balaban J connectivity index is 1.70. The van der Waals surface area contributed by atoms with Crippen molar-refractivity contribution in [1.29, 1.82) is 0 Å². The summed E-state index contributed by atoms with van der Waals surface area (Å²) in [5, 5.41) is 11.3. The lowest BCUT2D eigenvalue weighted by Gasteiger charge is -2.16. The summed E-state index contributed by atoms with van der Waals surface area (Å²) in [4.78, 5) is 6.61. The van der Waals surface area contributed by atoms with Crippen molar-refractivity contribution in [1.82, 2.24) is 25.2 Å². The first-order valence-corrected chi connectivity index (χ1v) is 7.47. The van der Waals surface area contributed by atoms with Crippen LogP contribution in [-0.4, -0.2) is 31.8 Å². The Bertz CT molecular complexity index is 762. The summed E-state index contributed by atoms with van der Waals surface area (Å²) >= 11 is 0. The molecule has 2 heterocycles. The number of hydrogen-bond acceptors (Lipinski definition) is 5. The Kier molecular flexibility index (Phi) is 4.63. The fourth-order valence-corrected chi connectivity index (χ4v) is 2.37. The quantitative estimate of drug-likeness (QED) is 0.679. The summed E-state index contributed by atoms with van der Waals surface area (Å²) in [6.07, 6.45) is 1.86. The van der Waals surface area contributed by atoms with E-state index in [1.165, 1.54) is 0 Å². The summed E-state index contributed by atoms with van der Waals surface area (Å²) in [6.45, 7) is 7.75. The van der Waals surface area contributed by atoms with Crippen LogP contribution < -0.4 is 0 Å². The molecule has 118 valence electrons. The second-order valence-corrected chi connectivity index (χ2v) is 5.38. The largest absolute Gasteiger partial charge is 0.338 e. The molecule has 0 aliphatic heterocycles. The molecule has 23 heavy (non-hydrogen) atoms. The molecule has 0 saturated carbocycles. The highest BCUT2D eigenvalue weighted by Gasteiger charge is 2.13. The first kappa shape index (κ1) is 15.2. The maximum absolute atomic E-state index is 5.37. The fourth-order valence-electron chi connectivity index (χ4n) is 2.37. The predicted octanol–water partition coefficient (Wildman–Crippen LogP) is 2.96. The molecule has 2 aromatic heterocycles. The maximum Gasteiger partial charge on any atom is 0.241 e. The van der Waals surface area contributed by atoms with E-state index in [9.17, 15) is 0 Å². The van der Waals surface area contributed by atoms with E-state index in [1.807, 2.05) is 49.4 Å². The van der Waals surface area contributed by atoms with Crippen molar-refractivity contribution in [2.24, 2.45) is 0 Å². The molecule has 0 saturated heterocycles. The molecule has 3 rings (SSSR count). The third-order valence-corrected chi connectivity index (χ3v) is 3.39. The number of nitrogens with one attached hydrogen (secondary N) is 1. The molecule has 0 spiro atoms. The van der Waals surface area contributed by atoms with Gasteiger partial charge in [-0.1, -0.05) is 41.6 Å². The highest BCUT2D eigenvalue weighted by molar-refractivity contribution is 5.53. The molecular weight excluding hydrogens is 290 g/mol. The summed E-state index contributed by atoms with van der Waals surface area (Å²) in [6, 6.07) is 11.8. The molecule has 0 amide bonds. The van der Waals surface area contributed by atoms with Crippen LogP contribution in [-0.2, 0) is 13.1 Å². The topological polar surface area (TPSA) is 70.8 Å². The van der Waals surface area contributed by atoms with Gasteiger partial charge >= 0.3 is 0 Å². The summed E-state index contributed by atoms with van der Waals surface area (Å²) in [7, 11) is 0. The van der Waals surface area contributed by atoms with Gasteiger partial charge in [0.15, 0.2) is 0 Å². The van der Waals surface area contributed by atoms with Crippen LogP contribution in [0.1, 0.15) is 17.3 Å². The third-order valence-electron chi connectivity index (χ3n) is 3.39. The Morgan fingerprint density at radius 2 is 2.09 bits per heavy atom. The molecule has 0 aliphatic rings. The normalized spacial score (nSPS) is 11.0. The average molecular weight is 309 g/mol. The Hall–Kier alpha value is -2.73. The van der Waals surface area contributed by atoms with Crippen LogP contribution in [0.15, 0.2) is 53.6 Å². The number of H-pyrrole nitrogens is 1. The molecule has 6 nitrogen and oxygen atoms in total. The van der Waals surface area contributed by atoms with E-state index in [1.54, 1.807) is 0 Å². The van der Waals surface area contributed by atoms with E-state index in [-0.39, 0.29) is 0 Å². The monoisotopic (exact) mass is 309 g/mol. The van der Waals surface area contributed by atoms with Crippen LogP contribution in [0.4, 0.5) is 0 Å². The van der Waals surface area contributed by atoms with Crippen molar-refractivity contribution in [3.05, 3.63) is 66.3 Å². The van der Waals surface area contributed by atoms with Crippen molar-refractivity contribution in [3.8, 4) is 11.4 Å². The van der Waals surface area contributed by atoms with Gasteiger partial charge in [-0.05, 0) is 13.0 Å². The van der Waals surface area contributed by atoms with E-state index in [4.69, 9.17) is 4.52 Å². The van der Waals surface area contributed by atoms with Crippen molar-refractivity contribution in [3.63, 3.8) is 0 Å². The van der Waals surface area contributed by atoms with Gasteiger partial charge in [0.1, 0.15) is 0 Å². The van der Waals surface area contributed by atoms with Gasteiger partial charge in [0.05, 0.1) is 12.2 Å². The molecule has 1 aromatic carbocycles. The molecule has 0 unspecified atom stereocenters. The van der Waals surface area contributed by atoms with Gasteiger partial charge in [-0.25, -0.2) is 0 Å². The van der Waals surface area contributed by atoms with Crippen LogP contribution in [0.2, 0.25) is 0 Å². The number of benzene rings is 1. The minimum Gasteiger partial charge on any atom is -0.338 e. The van der Waals surface area contributed by atoms with Gasteiger partial charge < -0.3 is 4.52 Å². The molecule has 0 aliphatic carbocycles. The molecule has 6 heteroatoms. The van der Waals surface area contributed by atoms with Crippen molar-refractivity contribution < 1.29 is 4.52 Å². The zero-order valence-corrected chi connectivity index (χ0v) is 13.1. The van der Waals surface area contributed by atoms with Crippen LogP contribution in [0.3, 0.4) is 0 Å². The smallest absolute Gasteiger partial charge is 0.241 e. The van der Waals surface area contributed by atoms with Gasteiger partial charge in [0.2, 0.25) is 11.7 Å². The first-order chi connectivity index (χ1) is 11.2. The maximum atomic E-state index is 5.37. The Morgan fingerprint density at radius 3 is 2.78 bits per heavy atom. The highest BCUT2D eigenvalue weighted by Crippen LogP contribution is 2.16. The number of nitrogens with zero attached hydrogens (tertiary/aromatic N) is 4. The molecular formula is C17H19N5O. The Morgan fingerprint density at radius 1 is 1.26 bits per heavy atom. The van der Waals surface area contributed by atoms with Crippen molar-refractivity contribution in [2.75, 3.05) is 6.54 Å². The van der Waals surface area contributed by atoms with Crippen LogP contribution >= 0.6 is 0 Å². The zero-order chi connectivity index (χ0) is 16.1. The van der Waals surface area contributed by atoms with E-state index in [0.717, 1.165) is 23.5 Å². The molecule has 0 fully saturated rings. The zero-order valence-electron chi connectivity index (χ0n) is 13.1. The summed E-state index contributed by atoms with van der Waals surface area (Å²) in [5.41, 5.74) is 2.97. The number of hydrogen-bond donors (Lipinski definition) is 1. The van der Waals surface area contributed by atoms with Gasteiger partial charge in [-0.2, -0.15) is 10.1 Å². The molecule has 0 atom stereocenters. The highest BCUT2D eigenvalue weighted by atomic mass is 16.5. The number of aryl methyl sites for hydroxylation is 1. The lowest BCUT2D eigenvalue weighted by Crippen LogP contribution is -2.23. The molecule has 3 aromatic rings. The van der Waals surface area contributed by atoms with E-state index >= 15 is 0 Å².